The van der Waals surface area contributed by atoms with Crippen LogP contribution in [-0.2, 0) is 28.7 Å². The molecule has 348 valence electrons. The van der Waals surface area contributed by atoms with Gasteiger partial charge in [0.1, 0.15) is 11.7 Å². The second-order valence-electron chi connectivity index (χ2n) is 26.3. The number of carbonyl (C=O) groups excluding carboxylic acids is 4. The summed E-state index contributed by atoms with van der Waals surface area (Å²) in [5, 5.41) is 3.67. The molecule has 8 nitrogen and oxygen atoms in total. The third-order valence-corrected chi connectivity index (χ3v) is 21.5. The lowest BCUT2D eigenvalue weighted by Crippen LogP contribution is -2.68. The standard InChI is InChI=1S/C54H86N2O6/c1-32(2)33-20-25-54(46(60)55-40-31-35(49(40,8)9)43(57)56-28-16-15-17-29-56)27-26-52(13)34(42(33)54)18-19-39-51(12)23-22-41(50(10,11)38(51)21-24-53(39,52)14)61-44(58)36-30-37(48(36,6)7)45(59)62-47(3,4)5/h33-42H,1,15-31H2,2-14H3,(H,55,60)/t33-,34-,35+,36?,37?,38+,39?,40-,41+,42-,51+,52-,53-,54+/m1/s1. The maximum atomic E-state index is 15.1. The molecule has 0 radical (unpaired) electrons. The highest BCUT2D eigenvalue weighted by Gasteiger charge is 2.72. The lowest BCUT2D eigenvalue weighted by atomic mass is 9.32. The zero-order valence-electron chi connectivity index (χ0n) is 41.4. The van der Waals surface area contributed by atoms with E-state index in [4.69, 9.17) is 9.47 Å². The number of nitrogens with zero attached hydrogens (tertiary/aromatic N) is 1. The summed E-state index contributed by atoms with van der Waals surface area (Å²) in [5.41, 5.74) is -0.271. The van der Waals surface area contributed by atoms with Gasteiger partial charge in [-0.25, -0.2) is 0 Å². The first kappa shape index (κ1) is 46.2. The molecule has 1 N–H and O–H groups in total. The van der Waals surface area contributed by atoms with Gasteiger partial charge in [0.2, 0.25) is 11.8 Å². The summed E-state index contributed by atoms with van der Waals surface area (Å²) in [6.07, 6.45) is 15.0. The first-order chi connectivity index (χ1) is 28.7. The first-order valence-corrected chi connectivity index (χ1v) is 25.4. The Balaban J connectivity index is 0.975. The summed E-state index contributed by atoms with van der Waals surface area (Å²) in [6.45, 7) is 35.3. The Morgan fingerprint density at radius 2 is 1.32 bits per heavy atom. The number of ether oxygens (including phenoxy) is 2. The van der Waals surface area contributed by atoms with Crippen molar-refractivity contribution < 1.29 is 28.7 Å². The number of likely N-dealkylation sites (tertiary alicyclic amines) is 1. The number of hydrogen-bond donors (Lipinski definition) is 1. The molecular weight excluding hydrogens is 773 g/mol. The molecule has 8 heteroatoms. The number of nitrogens with one attached hydrogen (secondary N) is 1. The number of piperidine rings is 1. The molecule has 8 aliphatic rings. The fourth-order valence-corrected chi connectivity index (χ4v) is 17.3. The number of carbonyl (C=O) groups is 4. The molecule has 8 rings (SSSR count). The van der Waals surface area contributed by atoms with Crippen LogP contribution in [-0.4, -0.2) is 59.5 Å². The molecule has 7 saturated carbocycles. The molecule has 1 aliphatic heterocycles. The highest BCUT2D eigenvalue weighted by molar-refractivity contribution is 5.86. The normalized spacial score (nSPS) is 45.0. The summed E-state index contributed by atoms with van der Waals surface area (Å²) in [5.74, 6) is 1.66. The average molecular weight is 859 g/mol. The van der Waals surface area contributed by atoms with Crippen LogP contribution in [0.2, 0.25) is 0 Å². The van der Waals surface area contributed by atoms with Crippen molar-refractivity contribution >= 4 is 23.8 Å². The Hall–Kier alpha value is -2.38. The largest absolute Gasteiger partial charge is 0.462 e. The molecule has 8 fully saturated rings. The number of fused-ring (bicyclic) bond motifs is 7. The van der Waals surface area contributed by atoms with E-state index in [0.717, 1.165) is 90.1 Å². The molecule has 62 heavy (non-hydrogen) atoms. The Morgan fingerprint density at radius 1 is 0.661 bits per heavy atom. The van der Waals surface area contributed by atoms with Crippen LogP contribution >= 0.6 is 0 Å². The summed E-state index contributed by atoms with van der Waals surface area (Å²) in [6, 6.07) is 0.0246. The van der Waals surface area contributed by atoms with Crippen molar-refractivity contribution in [2.75, 3.05) is 13.1 Å². The molecule has 0 aromatic heterocycles. The smallest absolute Gasteiger partial charge is 0.310 e. The molecule has 2 amide bonds. The average Bonchev–Trinajstić information content (AvgIpc) is 3.58. The third kappa shape index (κ3) is 6.73. The second-order valence-corrected chi connectivity index (χ2v) is 26.3. The molecule has 0 aromatic rings. The summed E-state index contributed by atoms with van der Waals surface area (Å²) < 4.78 is 12.3. The van der Waals surface area contributed by atoms with Crippen LogP contribution in [0, 0.1) is 85.2 Å². The van der Waals surface area contributed by atoms with E-state index in [1.807, 2.05) is 34.6 Å². The van der Waals surface area contributed by atoms with Crippen molar-refractivity contribution in [1.82, 2.24) is 10.2 Å². The van der Waals surface area contributed by atoms with Crippen LogP contribution in [0.15, 0.2) is 12.2 Å². The van der Waals surface area contributed by atoms with Gasteiger partial charge in [-0.1, -0.05) is 74.5 Å². The molecule has 0 bridgehead atoms. The number of rotatable bonds is 7. The van der Waals surface area contributed by atoms with Gasteiger partial charge < -0.3 is 19.7 Å². The van der Waals surface area contributed by atoms with E-state index in [9.17, 15) is 14.4 Å². The van der Waals surface area contributed by atoms with Crippen LogP contribution in [0.1, 0.15) is 186 Å². The molecule has 3 unspecified atom stereocenters. The summed E-state index contributed by atoms with van der Waals surface area (Å²) in [7, 11) is 0. The lowest BCUT2D eigenvalue weighted by molar-refractivity contribution is -0.251. The van der Waals surface area contributed by atoms with E-state index >= 15 is 4.79 Å². The SMILES string of the molecule is C=C(C)[C@H]1CC[C@]2(C(=O)N[C@@H]3C[C@@H](C(=O)N4CCCCC4)C3(C)C)CC[C@]3(C)[C@H](CCC4[C@@]5(C)CC[C@H](OC(=O)C6CC(C(=O)OC(C)(C)C)C6(C)C)C(C)(C)[C@@H]5CC[C@]43C)[C@@H]12. The third-order valence-electron chi connectivity index (χ3n) is 21.5. The highest BCUT2D eigenvalue weighted by Crippen LogP contribution is 2.78. The first-order valence-electron chi connectivity index (χ1n) is 25.4. The maximum Gasteiger partial charge on any atom is 0.310 e. The predicted octanol–water partition coefficient (Wildman–Crippen LogP) is 11.1. The quantitative estimate of drug-likeness (QED) is 0.202. The van der Waals surface area contributed by atoms with Crippen molar-refractivity contribution in [1.29, 1.82) is 0 Å². The van der Waals surface area contributed by atoms with Crippen molar-refractivity contribution in [3.63, 3.8) is 0 Å². The van der Waals surface area contributed by atoms with Crippen LogP contribution in [0.5, 0.6) is 0 Å². The van der Waals surface area contributed by atoms with Gasteiger partial charge >= 0.3 is 11.9 Å². The highest BCUT2D eigenvalue weighted by atomic mass is 16.6. The molecule has 0 aromatic carbocycles. The Bertz CT molecular complexity index is 1840. The van der Waals surface area contributed by atoms with E-state index in [-0.39, 0.29) is 86.2 Å². The van der Waals surface area contributed by atoms with E-state index in [0.29, 0.717) is 36.0 Å². The van der Waals surface area contributed by atoms with Gasteiger partial charge in [0.15, 0.2) is 0 Å². The van der Waals surface area contributed by atoms with Crippen LogP contribution in [0.25, 0.3) is 0 Å². The van der Waals surface area contributed by atoms with Crippen LogP contribution in [0.3, 0.4) is 0 Å². The van der Waals surface area contributed by atoms with Gasteiger partial charge in [-0.05, 0) is 181 Å². The maximum absolute atomic E-state index is 15.1. The van der Waals surface area contributed by atoms with Gasteiger partial charge in [-0.3, -0.25) is 19.2 Å². The molecule has 14 atom stereocenters. The minimum Gasteiger partial charge on any atom is -0.462 e. The zero-order valence-corrected chi connectivity index (χ0v) is 41.4. The van der Waals surface area contributed by atoms with E-state index in [1.54, 1.807) is 0 Å². The Kier molecular flexibility index (Phi) is 11.2. The number of esters is 2. The number of amides is 2. The fourth-order valence-electron chi connectivity index (χ4n) is 17.3. The van der Waals surface area contributed by atoms with Crippen LogP contribution < -0.4 is 5.32 Å². The topological polar surface area (TPSA) is 102 Å². The minimum atomic E-state index is -0.556. The lowest BCUT2D eigenvalue weighted by Gasteiger charge is -2.73. The van der Waals surface area contributed by atoms with Crippen molar-refractivity contribution in [2.45, 2.75) is 204 Å². The summed E-state index contributed by atoms with van der Waals surface area (Å²) >= 11 is 0. The predicted molar refractivity (Wildman–Crippen MR) is 244 cm³/mol. The zero-order chi connectivity index (χ0) is 45.4. The Labute approximate surface area is 376 Å². The van der Waals surface area contributed by atoms with Gasteiger partial charge in [0.25, 0.3) is 0 Å². The molecule has 0 spiro atoms. The monoisotopic (exact) mass is 859 g/mol. The second kappa shape index (κ2) is 15.1. The molecule has 1 saturated heterocycles. The van der Waals surface area contributed by atoms with E-state index in [2.05, 4.69) is 72.2 Å². The van der Waals surface area contributed by atoms with Crippen molar-refractivity contribution in [3.05, 3.63) is 12.2 Å². The van der Waals surface area contributed by atoms with E-state index < -0.39 is 11.0 Å². The molecule has 7 aliphatic carbocycles. The minimum absolute atomic E-state index is 0.0205. The van der Waals surface area contributed by atoms with E-state index in [1.165, 1.54) is 18.4 Å². The van der Waals surface area contributed by atoms with Gasteiger partial charge in [0.05, 0.1) is 17.3 Å². The van der Waals surface area contributed by atoms with Gasteiger partial charge in [0, 0.05) is 30.5 Å². The fraction of sp³-hybridized carbons (Fsp3) is 0.889. The molecule has 1 heterocycles. The van der Waals surface area contributed by atoms with Crippen molar-refractivity contribution in [3.8, 4) is 0 Å². The molecular formula is C54H86N2O6. The van der Waals surface area contributed by atoms with Gasteiger partial charge in [-0.2, -0.15) is 0 Å². The van der Waals surface area contributed by atoms with Crippen LogP contribution in [0.4, 0.5) is 0 Å². The number of hydrogen-bond acceptors (Lipinski definition) is 6. The van der Waals surface area contributed by atoms with Gasteiger partial charge in [-0.15, -0.1) is 0 Å². The number of allylic oxidation sites excluding steroid dienone is 1. The summed E-state index contributed by atoms with van der Waals surface area (Å²) in [4.78, 5) is 57.9. The Morgan fingerprint density at radius 3 is 1.94 bits per heavy atom. The van der Waals surface area contributed by atoms with Crippen molar-refractivity contribution in [2.24, 2.45) is 85.2 Å².